The summed E-state index contributed by atoms with van der Waals surface area (Å²) in [6.45, 7) is -0.949. The zero-order valence-electron chi connectivity index (χ0n) is 16.0. The Balaban J connectivity index is 1.70. The molecule has 31 heavy (non-hydrogen) atoms. The van der Waals surface area contributed by atoms with Gasteiger partial charge in [-0.15, -0.1) is 0 Å². The maximum Gasteiger partial charge on any atom is 0.341 e. The van der Waals surface area contributed by atoms with Crippen molar-refractivity contribution in [3.05, 3.63) is 61.1 Å². The van der Waals surface area contributed by atoms with Crippen LogP contribution in [0.3, 0.4) is 0 Å². The van der Waals surface area contributed by atoms with E-state index in [1.54, 1.807) is 36.4 Å². The second-order valence-corrected chi connectivity index (χ2v) is 6.52. The number of aliphatic carboxylic acids is 2. The standard InChI is InChI=1S/C22H16N2O7/c25-20(26)11-30-17-4-3-13-7-15(2-1-14(13)8-17)22-23-18(16-5-6-29-10-16)9-19(24-22)31-12-21(27)28/h1-10H,11-12H2,(H,25,26)(H,27,28). The third kappa shape index (κ3) is 4.78. The summed E-state index contributed by atoms with van der Waals surface area (Å²) in [5.41, 5.74) is 1.92. The number of carboxylic acids is 2. The molecule has 2 N–H and O–H groups in total. The number of nitrogens with zero attached hydrogens (tertiary/aromatic N) is 2. The predicted octanol–water partition coefficient (Wildman–Crippen LogP) is 3.48. The van der Waals surface area contributed by atoms with Crippen LogP contribution in [-0.4, -0.2) is 45.3 Å². The molecule has 0 aliphatic heterocycles. The lowest BCUT2D eigenvalue weighted by Gasteiger charge is -2.09. The first-order valence-corrected chi connectivity index (χ1v) is 9.13. The number of hydrogen-bond acceptors (Lipinski definition) is 7. The van der Waals surface area contributed by atoms with Crippen molar-refractivity contribution >= 4 is 22.7 Å². The molecule has 0 radical (unpaired) electrons. The second-order valence-electron chi connectivity index (χ2n) is 6.52. The van der Waals surface area contributed by atoms with Gasteiger partial charge in [-0.05, 0) is 35.0 Å². The first-order valence-electron chi connectivity index (χ1n) is 9.13. The number of benzene rings is 2. The minimum absolute atomic E-state index is 0.126. The Morgan fingerprint density at radius 1 is 0.839 bits per heavy atom. The van der Waals surface area contributed by atoms with Gasteiger partial charge in [0.05, 0.1) is 18.2 Å². The highest BCUT2D eigenvalue weighted by atomic mass is 16.5. The van der Waals surface area contributed by atoms with Gasteiger partial charge in [0.1, 0.15) is 5.75 Å². The van der Waals surface area contributed by atoms with Crippen molar-refractivity contribution in [3.63, 3.8) is 0 Å². The molecule has 0 bridgehead atoms. The summed E-state index contributed by atoms with van der Waals surface area (Å²) >= 11 is 0. The van der Waals surface area contributed by atoms with E-state index in [2.05, 4.69) is 9.97 Å². The Morgan fingerprint density at radius 3 is 2.32 bits per heavy atom. The number of carbonyl (C=O) groups is 2. The van der Waals surface area contributed by atoms with Crippen LogP contribution in [0.4, 0.5) is 0 Å². The minimum atomic E-state index is -1.11. The van der Waals surface area contributed by atoms with Crippen LogP contribution in [0.5, 0.6) is 11.6 Å². The van der Waals surface area contributed by atoms with Gasteiger partial charge >= 0.3 is 11.9 Å². The first kappa shape index (κ1) is 19.9. The van der Waals surface area contributed by atoms with Gasteiger partial charge in [-0.25, -0.2) is 14.6 Å². The van der Waals surface area contributed by atoms with Gasteiger partial charge in [0.15, 0.2) is 19.0 Å². The summed E-state index contributed by atoms with van der Waals surface area (Å²) in [6.07, 6.45) is 3.03. The van der Waals surface area contributed by atoms with Gasteiger partial charge < -0.3 is 24.1 Å². The number of hydrogen-bond donors (Lipinski definition) is 2. The highest BCUT2D eigenvalue weighted by Gasteiger charge is 2.12. The molecule has 4 rings (SSSR count). The summed E-state index contributed by atoms with van der Waals surface area (Å²) in [7, 11) is 0. The lowest BCUT2D eigenvalue weighted by atomic mass is 10.1. The molecule has 0 unspecified atom stereocenters. The van der Waals surface area contributed by atoms with Crippen molar-refractivity contribution in [1.82, 2.24) is 9.97 Å². The zero-order valence-corrected chi connectivity index (χ0v) is 16.0. The van der Waals surface area contributed by atoms with E-state index in [1.165, 1.54) is 12.5 Å². The third-order valence-electron chi connectivity index (χ3n) is 4.30. The minimum Gasteiger partial charge on any atom is -0.482 e. The topological polar surface area (TPSA) is 132 Å². The third-order valence-corrected chi connectivity index (χ3v) is 4.30. The normalized spacial score (nSPS) is 10.7. The number of rotatable bonds is 8. The SMILES string of the molecule is O=C(O)COc1ccc2cc(-c3nc(OCC(=O)O)cc(-c4ccoc4)n3)ccc2c1. The number of aromatic nitrogens is 2. The quantitative estimate of drug-likeness (QED) is 0.439. The number of carboxylic acid groups (broad SMARTS) is 2. The molecule has 2 aromatic carbocycles. The van der Waals surface area contributed by atoms with Crippen LogP contribution in [0.15, 0.2) is 65.5 Å². The van der Waals surface area contributed by atoms with Gasteiger partial charge in [0.2, 0.25) is 5.88 Å². The summed E-state index contributed by atoms with van der Waals surface area (Å²) in [4.78, 5) is 30.4. The summed E-state index contributed by atoms with van der Waals surface area (Å²) in [5.74, 6) is -1.24. The second kappa shape index (κ2) is 8.54. The fourth-order valence-corrected chi connectivity index (χ4v) is 2.92. The smallest absolute Gasteiger partial charge is 0.341 e. The maximum atomic E-state index is 10.9. The molecule has 4 aromatic rings. The van der Waals surface area contributed by atoms with Crippen LogP contribution in [0, 0.1) is 0 Å². The van der Waals surface area contributed by atoms with Crippen LogP contribution in [0.2, 0.25) is 0 Å². The highest BCUT2D eigenvalue weighted by molar-refractivity contribution is 5.88. The van der Waals surface area contributed by atoms with Gasteiger partial charge in [-0.2, -0.15) is 4.98 Å². The molecule has 0 spiro atoms. The Bertz CT molecular complexity index is 1250. The van der Waals surface area contributed by atoms with E-state index in [0.29, 0.717) is 28.4 Å². The molecule has 0 saturated carbocycles. The van der Waals surface area contributed by atoms with E-state index >= 15 is 0 Å². The van der Waals surface area contributed by atoms with Crippen molar-refractivity contribution in [2.45, 2.75) is 0 Å². The molecule has 0 atom stereocenters. The highest BCUT2D eigenvalue weighted by Crippen LogP contribution is 2.29. The van der Waals surface area contributed by atoms with Crippen LogP contribution in [0.25, 0.3) is 33.4 Å². The van der Waals surface area contributed by atoms with Crippen LogP contribution in [0.1, 0.15) is 0 Å². The molecule has 156 valence electrons. The maximum absolute atomic E-state index is 10.9. The average molecular weight is 420 g/mol. The largest absolute Gasteiger partial charge is 0.482 e. The van der Waals surface area contributed by atoms with Gasteiger partial charge in [-0.3, -0.25) is 0 Å². The molecule has 0 saturated heterocycles. The molecule has 0 fully saturated rings. The van der Waals surface area contributed by atoms with Crippen molar-refractivity contribution in [2.75, 3.05) is 13.2 Å². The molecule has 0 aliphatic rings. The fraction of sp³-hybridized carbons (Fsp3) is 0.0909. The van der Waals surface area contributed by atoms with Gasteiger partial charge in [-0.1, -0.05) is 18.2 Å². The van der Waals surface area contributed by atoms with E-state index in [0.717, 1.165) is 10.8 Å². The van der Waals surface area contributed by atoms with Crippen LogP contribution in [-0.2, 0) is 9.59 Å². The van der Waals surface area contributed by atoms with E-state index in [4.69, 9.17) is 24.1 Å². The van der Waals surface area contributed by atoms with Crippen LogP contribution < -0.4 is 9.47 Å². The van der Waals surface area contributed by atoms with Gasteiger partial charge in [0.25, 0.3) is 0 Å². The molecule has 0 amide bonds. The van der Waals surface area contributed by atoms with Crippen molar-refractivity contribution in [2.24, 2.45) is 0 Å². The summed E-state index contributed by atoms with van der Waals surface area (Å²) < 4.78 is 15.6. The molecule has 2 heterocycles. The average Bonchev–Trinajstić information content (AvgIpc) is 3.30. The summed E-state index contributed by atoms with van der Waals surface area (Å²) in [5, 5.41) is 19.4. The predicted molar refractivity (Wildman–Crippen MR) is 109 cm³/mol. The lowest BCUT2D eigenvalue weighted by molar-refractivity contribution is -0.140. The number of ether oxygens (including phenoxy) is 2. The Kier molecular flexibility index (Phi) is 5.48. The molecule has 2 aromatic heterocycles. The Hall–Kier alpha value is -4.40. The van der Waals surface area contributed by atoms with E-state index in [1.807, 2.05) is 12.1 Å². The molecular weight excluding hydrogens is 404 g/mol. The Labute approximate surface area is 175 Å². The fourth-order valence-electron chi connectivity index (χ4n) is 2.92. The summed E-state index contributed by atoms with van der Waals surface area (Å²) in [6, 6.07) is 14.0. The van der Waals surface area contributed by atoms with E-state index < -0.39 is 25.2 Å². The van der Waals surface area contributed by atoms with Crippen LogP contribution >= 0.6 is 0 Å². The van der Waals surface area contributed by atoms with Gasteiger partial charge in [0, 0.05) is 17.2 Å². The van der Waals surface area contributed by atoms with Crippen molar-refractivity contribution in [1.29, 1.82) is 0 Å². The van der Waals surface area contributed by atoms with Crippen molar-refractivity contribution < 1.29 is 33.7 Å². The monoisotopic (exact) mass is 420 g/mol. The number of fused-ring (bicyclic) bond motifs is 1. The van der Waals surface area contributed by atoms with Crippen molar-refractivity contribution in [3.8, 4) is 34.3 Å². The lowest BCUT2D eigenvalue weighted by Crippen LogP contribution is -2.11. The first-order chi connectivity index (χ1) is 15.0. The zero-order chi connectivity index (χ0) is 21.8. The van der Waals surface area contributed by atoms with E-state index in [9.17, 15) is 9.59 Å². The molecule has 9 heteroatoms. The molecule has 9 nitrogen and oxygen atoms in total. The van der Waals surface area contributed by atoms with E-state index in [-0.39, 0.29) is 5.88 Å². The Morgan fingerprint density at radius 2 is 1.58 bits per heavy atom. The number of furan rings is 1. The molecule has 0 aliphatic carbocycles. The molecular formula is C22H16N2O7.